The molecule has 8 heteroatoms. The summed E-state index contributed by atoms with van der Waals surface area (Å²) in [5.41, 5.74) is 0.728. The molecule has 4 heterocycles. The number of carbonyl (C=O) groups excluding carboxylic acids is 1. The highest BCUT2D eigenvalue weighted by atomic mass is 16.5. The van der Waals surface area contributed by atoms with Crippen LogP contribution in [0.4, 0.5) is 0 Å². The topological polar surface area (TPSA) is 86.0 Å². The third-order valence-electron chi connectivity index (χ3n) is 4.51. The first-order chi connectivity index (χ1) is 13.3. The van der Waals surface area contributed by atoms with Gasteiger partial charge in [0.1, 0.15) is 0 Å². The standard InChI is InChI=1S/C19H20N6O2/c1-27-16-9-8-14(13-21-16)18-22-17(19(26)24-11-5-2-6-12-24)23-25(18)15-7-3-4-10-20-15/h3-4,7-10,13H,2,5-6,11-12H2,1H3. The molecule has 0 atom stereocenters. The second-order valence-electron chi connectivity index (χ2n) is 6.30. The SMILES string of the molecule is COc1ccc(-c2nc(C(=O)N3CCCCC3)nn2-c2ccccn2)cn1. The average Bonchev–Trinajstić information content (AvgIpc) is 3.20. The van der Waals surface area contributed by atoms with Crippen LogP contribution in [0.2, 0.25) is 0 Å². The van der Waals surface area contributed by atoms with Gasteiger partial charge in [-0.1, -0.05) is 6.07 Å². The minimum absolute atomic E-state index is 0.146. The summed E-state index contributed by atoms with van der Waals surface area (Å²) in [7, 11) is 1.56. The number of nitrogens with zero attached hydrogens (tertiary/aromatic N) is 6. The predicted molar refractivity (Wildman–Crippen MR) is 98.7 cm³/mol. The maximum absolute atomic E-state index is 12.9. The van der Waals surface area contributed by atoms with Crippen molar-refractivity contribution in [3.05, 3.63) is 48.5 Å². The lowest BCUT2D eigenvalue weighted by molar-refractivity contribution is 0.0712. The number of aromatic nitrogens is 5. The largest absolute Gasteiger partial charge is 0.481 e. The molecule has 0 spiro atoms. The van der Waals surface area contributed by atoms with E-state index in [0.29, 0.717) is 17.5 Å². The van der Waals surface area contributed by atoms with E-state index in [1.165, 1.54) is 0 Å². The summed E-state index contributed by atoms with van der Waals surface area (Å²) in [6.07, 6.45) is 6.52. The third-order valence-corrected chi connectivity index (χ3v) is 4.51. The molecular formula is C19H20N6O2. The number of rotatable bonds is 4. The molecule has 0 bridgehead atoms. The van der Waals surface area contributed by atoms with Crippen molar-refractivity contribution in [2.75, 3.05) is 20.2 Å². The van der Waals surface area contributed by atoms with E-state index >= 15 is 0 Å². The molecule has 1 aliphatic heterocycles. The summed E-state index contributed by atoms with van der Waals surface area (Å²) in [5, 5.41) is 4.47. The first kappa shape index (κ1) is 17.1. The zero-order valence-corrected chi connectivity index (χ0v) is 15.1. The second kappa shape index (κ2) is 7.53. The van der Waals surface area contributed by atoms with Gasteiger partial charge in [-0.2, -0.15) is 4.68 Å². The highest BCUT2D eigenvalue weighted by Gasteiger charge is 2.25. The first-order valence-electron chi connectivity index (χ1n) is 8.94. The quantitative estimate of drug-likeness (QED) is 0.706. The maximum Gasteiger partial charge on any atom is 0.293 e. The van der Waals surface area contributed by atoms with Crippen LogP contribution in [0.15, 0.2) is 42.7 Å². The van der Waals surface area contributed by atoms with Gasteiger partial charge >= 0.3 is 0 Å². The molecule has 138 valence electrons. The van der Waals surface area contributed by atoms with Gasteiger partial charge in [-0.15, -0.1) is 5.10 Å². The lowest BCUT2D eigenvalue weighted by atomic mass is 10.1. The van der Waals surface area contributed by atoms with Gasteiger partial charge in [0.15, 0.2) is 11.6 Å². The Morgan fingerprint density at radius 3 is 2.59 bits per heavy atom. The first-order valence-corrected chi connectivity index (χ1v) is 8.94. The molecule has 3 aromatic rings. The zero-order valence-electron chi connectivity index (χ0n) is 15.1. The number of amides is 1. The van der Waals surface area contributed by atoms with Crippen LogP contribution in [0.3, 0.4) is 0 Å². The van der Waals surface area contributed by atoms with Gasteiger partial charge < -0.3 is 9.64 Å². The number of hydrogen-bond donors (Lipinski definition) is 0. The van der Waals surface area contributed by atoms with E-state index in [1.54, 1.807) is 30.3 Å². The van der Waals surface area contributed by atoms with Crippen molar-refractivity contribution in [3.8, 4) is 23.1 Å². The van der Waals surface area contributed by atoms with Gasteiger partial charge in [-0.25, -0.2) is 15.0 Å². The number of pyridine rings is 2. The zero-order chi connectivity index (χ0) is 18.6. The van der Waals surface area contributed by atoms with Crippen LogP contribution in [0.5, 0.6) is 5.88 Å². The molecule has 0 saturated carbocycles. The molecule has 0 N–H and O–H groups in total. The lowest BCUT2D eigenvalue weighted by Crippen LogP contribution is -2.36. The Morgan fingerprint density at radius 2 is 1.93 bits per heavy atom. The van der Waals surface area contributed by atoms with E-state index in [0.717, 1.165) is 37.9 Å². The Balaban J connectivity index is 1.75. The van der Waals surface area contributed by atoms with Gasteiger partial charge in [0.25, 0.3) is 5.91 Å². The number of methoxy groups -OCH3 is 1. The van der Waals surface area contributed by atoms with Gasteiger partial charge in [-0.05, 0) is 37.5 Å². The van der Waals surface area contributed by atoms with Crippen molar-refractivity contribution in [3.63, 3.8) is 0 Å². The Labute approximate surface area is 156 Å². The number of likely N-dealkylation sites (tertiary alicyclic amines) is 1. The van der Waals surface area contributed by atoms with Crippen LogP contribution in [0.1, 0.15) is 29.9 Å². The molecule has 0 radical (unpaired) electrons. The smallest absolute Gasteiger partial charge is 0.293 e. The van der Waals surface area contributed by atoms with Crippen LogP contribution in [-0.2, 0) is 0 Å². The molecule has 1 amide bonds. The van der Waals surface area contributed by atoms with Crippen molar-refractivity contribution in [2.24, 2.45) is 0 Å². The van der Waals surface area contributed by atoms with E-state index in [9.17, 15) is 4.79 Å². The Morgan fingerprint density at radius 1 is 1.07 bits per heavy atom. The summed E-state index contributed by atoms with van der Waals surface area (Å²) in [5.74, 6) is 1.64. The fourth-order valence-corrected chi connectivity index (χ4v) is 3.10. The van der Waals surface area contributed by atoms with Crippen molar-refractivity contribution in [1.29, 1.82) is 0 Å². The normalized spacial score (nSPS) is 14.2. The second-order valence-corrected chi connectivity index (χ2v) is 6.30. The van der Waals surface area contributed by atoms with Crippen molar-refractivity contribution in [2.45, 2.75) is 19.3 Å². The molecule has 1 saturated heterocycles. The summed E-state index contributed by atoms with van der Waals surface area (Å²) in [6.45, 7) is 1.49. The van der Waals surface area contributed by atoms with Gasteiger partial charge in [0, 0.05) is 37.1 Å². The fraction of sp³-hybridized carbons (Fsp3) is 0.316. The van der Waals surface area contributed by atoms with Crippen LogP contribution in [-0.4, -0.2) is 55.7 Å². The van der Waals surface area contributed by atoms with Crippen LogP contribution < -0.4 is 4.74 Å². The lowest BCUT2D eigenvalue weighted by Gasteiger charge is -2.25. The summed E-state index contributed by atoms with van der Waals surface area (Å²) >= 11 is 0. The predicted octanol–water partition coefficient (Wildman–Crippen LogP) is 2.36. The molecule has 0 unspecified atom stereocenters. The average molecular weight is 364 g/mol. The molecule has 3 aromatic heterocycles. The molecule has 0 aliphatic carbocycles. The van der Waals surface area contributed by atoms with E-state index < -0.39 is 0 Å². The minimum Gasteiger partial charge on any atom is -0.481 e. The summed E-state index contributed by atoms with van der Waals surface area (Å²) < 4.78 is 6.70. The fourth-order valence-electron chi connectivity index (χ4n) is 3.10. The Kier molecular flexibility index (Phi) is 4.78. The van der Waals surface area contributed by atoms with Crippen molar-refractivity contribution >= 4 is 5.91 Å². The van der Waals surface area contributed by atoms with Crippen molar-refractivity contribution in [1.82, 2.24) is 29.6 Å². The van der Waals surface area contributed by atoms with E-state index in [1.807, 2.05) is 29.2 Å². The van der Waals surface area contributed by atoms with Gasteiger partial charge in [0.05, 0.1) is 7.11 Å². The minimum atomic E-state index is -0.146. The molecule has 0 aromatic carbocycles. The van der Waals surface area contributed by atoms with Crippen LogP contribution in [0.25, 0.3) is 17.2 Å². The molecule has 8 nitrogen and oxygen atoms in total. The van der Waals surface area contributed by atoms with Crippen LogP contribution in [0, 0.1) is 0 Å². The molecular weight excluding hydrogens is 344 g/mol. The highest BCUT2D eigenvalue weighted by Crippen LogP contribution is 2.22. The van der Waals surface area contributed by atoms with E-state index in [-0.39, 0.29) is 11.7 Å². The summed E-state index contributed by atoms with van der Waals surface area (Å²) in [4.78, 5) is 27.8. The molecule has 1 aliphatic rings. The van der Waals surface area contributed by atoms with Crippen molar-refractivity contribution < 1.29 is 9.53 Å². The van der Waals surface area contributed by atoms with E-state index in [2.05, 4.69) is 20.1 Å². The van der Waals surface area contributed by atoms with Gasteiger partial charge in [0.2, 0.25) is 11.7 Å². The number of ether oxygens (including phenoxy) is 1. The highest BCUT2D eigenvalue weighted by molar-refractivity contribution is 5.91. The molecule has 27 heavy (non-hydrogen) atoms. The number of hydrogen-bond acceptors (Lipinski definition) is 6. The third kappa shape index (κ3) is 3.51. The molecule has 1 fully saturated rings. The van der Waals surface area contributed by atoms with Gasteiger partial charge in [-0.3, -0.25) is 4.79 Å². The molecule has 4 rings (SSSR count). The number of carbonyl (C=O) groups is 1. The van der Waals surface area contributed by atoms with Crippen LogP contribution >= 0.6 is 0 Å². The Hall–Kier alpha value is -3.29. The monoisotopic (exact) mass is 364 g/mol. The Bertz CT molecular complexity index is 917. The van der Waals surface area contributed by atoms with E-state index in [4.69, 9.17) is 4.74 Å². The maximum atomic E-state index is 12.9. The number of piperidine rings is 1. The summed E-state index contributed by atoms with van der Waals surface area (Å²) in [6, 6.07) is 9.11.